The minimum absolute atomic E-state index is 0.0623. The van der Waals surface area contributed by atoms with E-state index in [1.807, 2.05) is 0 Å². The fourth-order valence-corrected chi connectivity index (χ4v) is 2.64. The average Bonchev–Trinajstić information content (AvgIpc) is 2.31. The second kappa shape index (κ2) is 8.48. The maximum atomic E-state index is 11.0. The van der Waals surface area contributed by atoms with Crippen molar-refractivity contribution in [1.29, 1.82) is 0 Å². The second-order valence-electron chi connectivity index (χ2n) is 5.31. The molecule has 1 saturated carbocycles. The molecule has 0 heterocycles. The summed E-state index contributed by atoms with van der Waals surface area (Å²) in [4.78, 5) is 11.0. The largest absolute Gasteiger partial charge is 0.464 e. The highest BCUT2D eigenvalue weighted by molar-refractivity contribution is 5.70. The lowest BCUT2D eigenvalue weighted by atomic mass is 9.80. The third-order valence-electron chi connectivity index (χ3n) is 3.61. The van der Waals surface area contributed by atoms with Gasteiger partial charge in [-0.2, -0.15) is 0 Å². The van der Waals surface area contributed by atoms with Crippen molar-refractivity contribution in [3.05, 3.63) is 0 Å². The van der Waals surface area contributed by atoms with Crippen molar-refractivity contribution in [3.8, 4) is 0 Å². The van der Waals surface area contributed by atoms with Gasteiger partial charge < -0.3 is 14.8 Å². The highest BCUT2D eigenvalue weighted by Crippen LogP contribution is 2.28. The summed E-state index contributed by atoms with van der Waals surface area (Å²) in [5.41, 5.74) is 0. The lowest BCUT2D eigenvalue weighted by Crippen LogP contribution is -2.40. The Morgan fingerprint density at radius 3 is 2.78 bits per heavy atom. The van der Waals surface area contributed by atoms with Gasteiger partial charge in [0, 0.05) is 12.6 Å². The van der Waals surface area contributed by atoms with Crippen LogP contribution in [-0.4, -0.2) is 38.4 Å². The SMILES string of the molecule is CCOC(=O)COCCNC1CCC(C)CC1C. The Hall–Kier alpha value is -0.610. The molecule has 0 aliphatic heterocycles. The van der Waals surface area contributed by atoms with Crippen LogP contribution >= 0.6 is 0 Å². The van der Waals surface area contributed by atoms with E-state index in [0.717, 1.165) is 18.4 Å². The Balaban J connectivity index is 2.02. The Bertz CT molecular complexity index is 245. The summed E-state index contributed by atoms with van der Waals surface area (Å²) in [6, 6.07) is 0.604. The van der Waals surface area contributed by atoms with Crippen LogP contribution in [0.15, 0.2) is 0 Å². The molecule has 1 rings (SSSR count). The van der Waals surface area contributed by atoms with E-state index in [2.05, 4.69) is 19.2 Å². The fraction of sp³-hybridized carbons (Fsp3) is 0.929. The van der Waals surface area contributed by atoms with Gasteiger partial charge in [-0.1, -0.05) is 13.8 Å². The topological polar surface area (TPSA) is 47.6 Å². The molecule has 0 saturated heterocycles. The minimum atomic E-state index is -0.280. The number of ether oxygens (including phenoxy) is 2. The van der Waals surface area contributed by atoms with Gasteiger partial charge in [-0.3, -0.25) is 0 Å². The van der Waals surface area contributed by atoms with Crippen LogP contribution in [0.3, 0.4) is 0 Å². The van der Waals surface area contributed by atoms with Crippen LogP contribution in [0.5, 0.6) is 0 Å². The molecule has 18 heavy (non-hydrogen) atoms. The number of carbonyl (C=O) groups excluding carboxylic acids is 1. The number of nitrogens with one attached hydrogen (secondary N) is 1. The Labute approximate surface area is 110 Å². The summed E-state index contributed by atoms with van der Waals surface area (Å²) < 4.78 is 10.0. The van der Waals surface area contributed by atoms with Gasteiger partial charge in [-0.25, -0.2) is 4.79 Å². The smallest absolute Gasteiger partial charge is 0.332 e. The van der Waals surface area contributed by atoms with Crippen LogP contribution in [-0.2, 0) is 14.3 Å². The molecule has 3 atom stereocenters. The first kappa shape index (κ1) is 15.4. The number of carbonyl (C=O) groups is 1. The third kappa shape index (κ3) is 5.83. The van der Waals surface area contributed by atoms with Crippen LogP contribution < -0.4 is 5.32 Å². The molecule has 4 nitrogen and oxygen atoms in total. The lowest BCUT2D eigenvalue weighted by Gasteiger charge is -2.33. The molecule has 1 N–H and O–H groups in total. The molecule has 4 heteroatoms. The molecule has 1 aliphatic carbocycles. The second-order valence-corrected chi connectivity index (χ2v) is 5.31. The Morgan fingerprint density at radius 2 is 2.11 bits per heavy atom. The molecule has 0 aromatic carbocycles. The maximum Gasteiger partial charge on any atom is 0.332 e. The quantitative estimate of drug-likeness (QED) is 0.559. The van der Waals surface area contributed by atoms with Crippen LogP contribution in [0.25, 0.3) is 0 Å². The van der Waals surface area contributed by atoms with Gasteiger partial charge in [0.15, 0.2) is 0 Å². The molecule has 106 valence electrons. The number of hydrogen-bond acceptors (Lipinski definition) is 4. The molecule has 0 amide bonds. The summed E-state index contributed by atoms with van der Waals surface area (Å²) in [6.45, 7) is 8.29. The van der Waals surface area contributed by atoms with Gasteiger partial charge >= 0.3 is 5.97 Å². The maximum absolute atomic E-state index is 11.0. The molecule has 0 bridgehead atoms. The standard InChI is InChI=1S/C14H27NO3/c1-4-18-14(16)10-17-8-7-15-13-6-5-11(2)9-12(13)3/h11-13,15H,4-10H2,1-3H3. The van der Waals surface area contributed by atoms with E-state index in [9.17, 15) is 4.79 Å². The predicted molar refractivity (Wildman–Crippen MR) is 71.4 cm³/mol. The number of hydrogen-bond donors (Lipinski definition) is 1. The van der Waals surface area contributed by atoms with Gasteiger partial charge in [0.05, 0.1) is 13.2 Å². The first-order valence-electron chi connectivity index (χ1n) is 7.10. The molecule has 3 unspecified atom stereocenters. The third-order valence-corrected chi connectivity index (χ3v) is 3.61. The summed E-state index contributed by atoms with van der Waals surface area (Å²) in [5.74, 6) is 1.31. The highest BCUT2D eigenvalue weighted by Gasteiger charge is 2.24. The Kier molecular flexibility index (Phi) is 7.28. The lowest BCUT2D eigenvalue weighted by molar-refractivity contribution is -0.148. The van der Waals surface area contributed by atoms with E-state index < -0.39 is 0 Å². The van der Waals surface area contributed by atoms with E-state index in [-0.39, 0.29) is 12.6 Å². The monoisotopic (exact) mass is 257 g/mol. The fourth-order valence-electron chi connectivity index (χ4n) is 2.64. The summed E-state index contributed by atoms with van der Waals surface area (Å²) in [5, 5.41) is 3.52. The van der Waals surface area contributed by atoms with Crippen molar-refractivity contribution in [3.63, 3.8) is 0 Å². The van der Waals surface area contributed by atoms with Crippen molar-refractivity contribution in [2.45, 2.75) is 46.1 Å². The van der Waals surface area contributed by atoms with Crippen LogP contribution in [0, 0.1) is 11.8 Å². The summed E-state index contributed by atoms with van der Waals surface area (Å²) >= 11 is 0. The van der Waals surface area contributed by atoms with Crippen molar-refractivity contribution in [1.82, 2.24) is 5.32 Å². The average molecular weight is 257 g/mol. The normalized spacial score (nSPS) is 28.1. The molecular formula is C14H27NO3. The highest BCUT2D eigenvalue weighted by atomic mass is 16.6. The molecule has 0 aromatic rings. The van der Waals surface area contributed by atoms with Crippen LogP contribution in [0.4, 0.5) is 0 Å². The summed E-state index contributed by atoms with van der Waals surface area (Å²) in [7, 11) is 0. The molecule has 0 spiro atoms. The molecular weight excluding hydrogens is 230 g/mol. The van der Waals surface area contributed by atoms with Crippen molar-refractivity contribution < 1.29 is 14.3 Å². The molecule has 0 radical (unpaired) electrons. The molecule has 1 fully saturated rings. The first-order chi connectivity index (χ1) is 8.63. The van der Waals surface area contributed by atoms with Crippen molar-refractivity contribution in [2.24, 2.45) is 11.8 Å². The van der Waals surface area contributed by atoms with Crippen LogP contribution in [0.1, 0.15) is 40.0 Å². The van der Waals surface area contributed by atoms with Gasteiger partial charge in [-0.05, 0) is 38.0 Å². The Morgan fingerprint density at radius 1 is 1.33 bits per heavy atom. The van der Waals surface area contributed by atoms with Crippen molar-refractivity contribution >= 4 is 5.97 Å². The van der Waals surface area contributed by atoms with Crippen LogP contribution in [0.2, 0.25) is 0 Å². The predicted octanol–water partition coefficient (Wildman–Crippen LogP) is 1.98. The van der Waals surface area contributed by atoms with E-state index in [1.165, 1.54) is 19.3 Å². The molecule has 1 aliphatic rings. The van der Waals surface area contributed by atoms with E-state index in [0.29, 0.717) is 19.3 Å². The van der Waals surface area contributed by atoms with E-state index >= 15 is 0 Å². The van der Waals surface area contributed by atoms with Gasteiger partial charge in [0.1, 0.15) is 6.61 Å². The first-order valence-corrected chi connectivity index (χ1v) is 7.10. The van der Waals surface area contributed by atoms with E-state index in [1.54, 1.807) is 6.92 Å². The minimum Gasteiger partial charge on any atom is -0.464 e. The number of rotatable bonds is 7. The zero-order valence-electron chi connectivity index (χ0n) is 11.9. The number of esters is 1. The van der Waals surface area contributed by atoms with E-state index in [4.69, 9.17) is 9.47 Å². The van der Waals surface area contributed by atoms with Gasteiger partial charge in [0.25, 0.3) is 0 Å². The molecule has 0 aromatic heterocycles. The summed E-state index contributed by atoms with van der Waals surface area (Å²) in [6.07, 6.45) is 3.87. The van der Waals surface area contributed by atoms with Gasteiger partial charge in [0.2, 0.25) is 0 Å². The zero-order chi connectivity index (χ0) is 13.4. The zero-order valence-corrected chi connectivity index (χ0v) is 11.9. The van der Waals surface area contributed by atoms with Gasteiger partial charge in [-0.15, -0.1) is 0 Å². The van der Waals surface area contributed by atoms with Crippen molar-refractivity contribution in [2.75, 3.05) is 26.4 Å².